The zero-order valence-corrected chi connectivity index (χ0v) is 22.4. The minimum atomic E-state index is 0.743. The van der Waals surface area contributed by atoms with Gasteiger partial charge in [-0.1, -0.05) is 110 Å². The summed E-state index contributed by atoms with van der Waals surface area (Å²) in [5.74, 6) is 1.59. The predicted octanol–water partition coefficient (Wildman–Crippen LogP) is 8.23. The van der Waals surface area contributed by atoms with Gasteiger partial charge in [-0.2, -0.15) is 0 Å². The van der Waals surface area contributed by atoms with E-state index >= 15 is 0 Å². The monoisotopic (exact) mass is 502 g/mol. The van der Waals surface area contributed by atoms with E-state index in [1.807, 2.05) is 12.4 Å². The van der Waals surface area contributed by atoms with Crippen molar-refractivity contribution in [2.24, 2.45) is 10.9 Å². The second-order valence-corrected chi connectivity index (χ2v) is 10.4. The van der Waals surface area contributed by atoms with Gasteiger partial charge in [-0.3, -0.25) is 0 Å². The Hall–Kier alpha value is -3.92. The number of hydrogen-bond donors (Lipinski definition) is 1. The highest BCUT2D eigenvalue weighted by Gasteiger charge is 2.24. The van der Waals surface area contributed by atoms with Crippen molar-refractivity contribution in [3.05, 3.63) is 102 Å². The molecule has 4 aromatic rings. The molecule has 0 bridgehead atoms. The summed E-state index contributed by atoms with van der Waals surface area (Å²) in [6, 6.07) is 31.6. The molecule has 4 heteroatoms. The number of aliphatic imine (C=N–C) groups is 1. The van der Waals surface area contributed by atoms with Crippen LogP contribution < -0.4 is 0 Å². The normalized spacial score (nSPS) is 14.1. The number of aryl methyl sites for hydroxylation is 1. The van der Waals surface area contributed by atoms with Crippen molar-refractivity contribution < 1.29 is 0 Å². The lowest BCUT2D eigenvalue weighted by atomic mass is 9.89. The molecule has 1 N–H and O–H groups in total. The lowest BCUT2D eigenvalue weighted by molar-refractivity contribution is 0.300. The van der Waals surface area contributed by atoms with Crippen LogP contribution in [0.5, 0.6) is 0 Å². The lowest BCUT2D eigenvalue weighted by Gasteiger charge is -2.25. The maximum atomic E-state index is 8.51. The average molecular weight is 503 g/mol. The fourth-order valence-electron chi connectivity index (χ4n) is 5.78. The fourth-order valence-corrected chi connectivity index (χ4v) is 5.78. The van der Waals surface area contributed by atoms with Crippen molar-refractivity contribution in [2.75, 3.05) is 13.6 Å². The molecule has 1 fully saturated rings. The minimum absolute atomic E-state index is 0.743. The zero-order valence-electron chi connectivity index (χ0n) is 22.4. The second kappa shape index (κ2) is 12.6. The molecule has 3 aromatic carbocycles. The van der Waals surface area contributed by atoms with Gasteiger partial charge in [0.25, 0.3) is 0 Å². The Balaban J connectivity index is 1.61. The Morgan fingerprint density at radius 1 is 0.842 bits per heavy atom. The Morgan fingerprint density at radius 3 is 2.08 bits per heavy atom. The van der Waals surface area contributed by atoms with E-state index in [0.29, 0.717) is 0 Å². The smallest absolute Gasteiger partial charge is 0.144 e. The Labute approximate surface area is 227 Å². The first-order valence-corrected chi connectivity index (χ1v) is 13.9. The summed E-state index contributed by atoms with van der Waals surface area (Å²) >= 11 is 0. The van der Waals surface area contributed by atoms with E-state index in [2.05, 4.69) is 101 Å². The third-order valence-electron chi connectivity index (χ3n) is 7.64. The molecule has 1 aromatic heterocycles. The fraction of sp³-hybridized carbons (Fsp3) is 0.294. The summed E-state index contributed by atoms with van der Waals surface area (Å²) in [7, 11) is 2.13. The van der Waals surface area contributed by atoms with E-state index in [1.54, 1.807) is 0 Å². The standard InChI is InChI=1S/C34H38N4/c1-37(25-28-16-8-3-9-17-28)26-36-34-31(24-35)32(29-18-10-4-11-19-29)33(30-20-12-5-13-21-30)38(34)23-22-27-14-6-2-7-15-27/h2,4-7,10-15,18-21,24,26,28,35H,3,8-9,16-17,22-23,25H2,1H3/b35-24?,36-26-. The first kappa shape index (κ1) is 25.7. The summed E-state index contributed by atoms with van der Waals surface area (Å²) in [6.07, 6.45) is 11.0. The van der Waals surface area contributed by atoms with Crippen LogP contribution >= 0.6 is 0 Å². The number of nitrogens with zero attached hydrogens (tertiary/aromatic N) is 3. The minimum Gasteiger partial charge on any atom is -0.365 e. The van der Waals surface area contributed by atoms with Crippen molar-refractivity contribution in [1.82, 2.24) is 9.47 Å². The van der Waals surface area contributed by atoms with Gasteiger partial charge in [-0.05, 0) is 41.9 Å². The van der Waals surface area contributed by atoms with Gasteiger partial charge in [0, 0.05) is 37.5 Å². The predicted molar refractivity (Wildman–Crippen MR) is 161 cm³/mol. The molecule has 0 atom stereocenters. The van der Waals surface area contributed by atoms with Crippen LogP contribution in [0.25, 0.3) is 22.4 Å². The maximum Gasteiger partial charge on any atom is 0.144 e. The molecular weight excluding hydrogens is 464 g/mol. The highest BCUT2D eigenvalue weighted by Crippen LogP contribution is 2.42. The molecule has 0 spiro atoms. The third-order valence-corrected chi connectivity index (χ3v) is 7.64. The van der Waals surface area contributed by atoms with Gasteiger partial charge in [0.05, 0.1) is 12.0 Å². The van der Waals surface area contributed by atoms with E-state index in [9.17, 15) is 0 Å². The van der Waals surface area contributed by atoms with Gasteiger partial charge in [0.2, 0.25) is 0 Å². The first-order chi connectivity index (χ1) is 18.7. The van der Waals surface area contributed by atoms with Crippen LogP contribution in [-0.4, -0.2) is 35.6 Å². The molecule has 194 valence electrons. The van der Waals surface area contributed by atoms with Gasteiger partial charge in [-0.25, -0.2) is 4.99 Å². The third kappa shape index (κ3) is 5.96. The molecule has 1 aliphatic carbocycles. The molecule has 0 radical (unpaired) electrons. The Kier molecular flexibility index (Phi) is 8.49. The van der Waals surface area contributed by atoms with Crippen molar-refractivity contribution in [3.63, 3.8) is 0 Å². The molecule has 0 saturated heterocycles. The van der Waals surface area contributed by atoms with Gasteiger partial charge >= 0.3 is 0 Å². The van der Waals surface area contributed by atoms with Crippen molar-refractivity contribution >= 4 is 18.4 Å². The summed E-state index contributed by atoms with van der Waals surface area (Å²) in [4.78, 5) is 7.34. The van der Waals surface area contributed by atoms with Crippen LogP contribution in [0.3, 0.4) is 0 Å². The average Bonchev–Trinajstić information content (AvgIpc) is 3.30. The maximum absolute atomic E-state index is 8.51. The molecule has 5 rings (SSSR count). The number of rotatable bonds is 10. The molecule has 4 nitrogen and oxygen atoms in total. The van der Waals surface area contributed by atoms with Gasteiger partial charge in [-0.15, -0.1) is 0 Å². The zero-order chi connectivity index (χ0) is 26.2. The lowest BCUT2D eigenvalue weighted by Crippen LogP contribution is -2.25. The SMILES string of the molecule is CN(/C=N\c1c(C=N)c(-c2ccccc2)c(-c2ccccc2)n1CCc1ccccc1)CC1CCCCC1. The van der Waals surface area contributed by atoms with Crippen LogP contribution in [0.2, 0.25) is 0 Å². The van der Waals surface area contributed by atoms with Crippen molar-refractivity contribution in [2.45, 2.75) is 45.1 Å². The second-order valence-electron chi connectivity index (χ2n) is 10.4. The first-order valence-electron chi connectivity index (χ1n) is 13.9. The topological polar surface area (TPSA) is 44.4 Å². The molecule has 0 amide bonds. The van der Waals surface area contributed by atoms with Crippen molar-refractivity contribution in [3.8, 4) is 22.4 Å². The van der Waals surface area contributed by atoms with Crippen LogP contribution in [0.4, 0.5) is 5.82 Å². The highest BCUT2D eigenvalue weighted by atomic mass is 15.2. The highest BCUT2D eigenvalue weighted by molar-refractivity contribution is 6.01. The molecule has 1 aliphatic rings. The Morgan fingerprint density at radius 2 is 1.45 bits per heavy atom. The molecule has 1 heterocycles. The van der Waals surface area contributed by atoms with Crippen molar-refractivity contribution in [1.29, 1.82) is 5.41 Å². The van der Waals surface area contributed by atoms with E-state index in [4.69, 9.17) is 10.4 Å². The number of hydrogen-bond acceptors (Lipinski definition) is 2. The van der Waals surface area contributed by atoms with E-state index in [-0.39, 0.29) is 0 Å². The van der Waals surface area contributed by atoms with E-state index in [1.165, 1.54) is 43.9 Å². The van der Waals surface area contributed by atoms with Crippen LogP contribution in [0.15, 0.2) is 96.0 Å². The number of benzene rings is 3. The van der Waals surface area contributed by atoms with Gasteiger partial charge < -0.3 is 14.9 Å². The van der Waals surface area contributed by atoms with Crippen LogP contribution in [0, 0.1) is 11.3 Å². The van der Waals surface area contributed by atoms with Crippen LogP contribution in [-0.2, 0) is 13.0 Å². The molecule has 1 saturated carbocycles. The van der Waals surface area contributed by atoms with Gasteiger partial charge in [0.1, 0.15) is 5.82 Å². The Bertz CT molecular complexity index is 1330. The quantitative estimate of drug-likeness (QED) is 0.172. The largest absolute Gasteiger partial charge is 0.365 e. The molecular formula is C34H38N4. The molecule has 38 heavy (non-hydrogen) atoms. The molecule has 0 aliphatic heterocycles. The van der Waals surface area contributed by atoms with Gasteiger partial charge in [0.15, 0.2) is 0 Å². The number of aromatic nitrogens is 1. The summed E-state index contributed by atoms with van der Waals surface area (Å²) in [5.41, 5.74) is 6.60. The van der Waals surface area contributed by atoms with E-state index in [0.717, 1.165) is 59.2 Å². The van der Waals surface area contributed by atoms with Crippen LogP contribution in [0.1, 0.15) is 43.2 Å². The summed E-state index contributed by atoms with van der Waals surface area (Å²) in [6.45, 7) is 1.81. The molecule has 0 unspecified atom stereocenters. The van der Waals surface area contributed by atoms with E-state index < -0.39 is 0 Å². The number of nitrogens with one attached hydrogen (secondary N) is 1. The summed E-state index contributed by atoms with van der Waals surface area (Å²) < 4.78 is 2.33. The summed E-state index contributed by atoms with van der Waals surface area (Å²) in [5, 5.41) is 8.51.